The van der Waals surface area contributed by atoms with Crippen LogP contribution in [0.4, 0.5) is 5.82 Å². The van der Waals surface area contributed by atoms with Crippen LogP contribution in [-0.2, 0) is 0 Å². The first-order valence-corrected chi connectivity index (χ1v) is 6.22. The molecule has 0 saturated carbocycles. The van der Waals surface area contributed by atoms with Gasteiger partial charge in [-0.2, -0.15) is 5.10 Å². The number of fused-ring (bicyclic) bond motifs is 1. The number of benzene rings is 1. The van der Waals surface area contributed by atoms with Gasteiger partial charge in [0.25, 0.3) is 0 Å². The highest BCUT2D eigenvalue weighted by atomic mass is 16.5. The van der Waals surface area contributed by atoms with Crippen molar-refractivity contribution in [3.63, 3.8) is 0 Å². The van der Waals surface area contributed by atoms with Gasteiger partial charge in [-0.3, -0.25) is 5.10 Å². The number of aromatic amines is 1. The molecule has 2 aromatic heterocycles. The first-order chi connectivity index (χ1) is 10.2. The lowest BCUT2D eigenvalue weighted by Crippen LogP contribution is -1.94. The van der Waals surface area contributed by atoms with E-state index in [0.29, 0.717) is 40.5 Å². The lowest BCUT2D eigenvalue weighted by molar-refractivity contribution is 0.336. The normalized spacial score (nSPS) is 10.7. The van der Waals surface area contributed by atoms with Gasteiger partial charge in [-0.15, -0.1) is 0 Å². The molecule has 2 heterocycles. The Morgan fingerprint density at radius 3 is 3.00 bits per heavy atom. The third kappa shape index (κ3) is 2.25. The SMILES string of the molecule is C=CCOc1ccc(-c2[nH]nc3ncnc(N)c23)cc1O. The number of hydrogen-bond donors (Lipinski definition) is 3. The molecule has 0 radical (unpaired) electrons. The van der Waals surface area contributed by atoms with Gasteiger partial charge in [-0.1, -0.05) is 12.7 Å². The zero-order valence-electron chi connectivity index (χ0n) is 11.1. The summed E-state index contributed by atoms with van der Waals surface area (Å²) >= 11 is 0. The molecule has 21 heavy (non-hydrogen) atoms. The Bertz CT molecular complexity index is 812. The molecule has 0 aliphatic rings. The number of ether oxygens (including phenoxy) is 1. The molecule has 7 nitrogen and oxygen atoms in total. The van der Waals surface area contributed by atoms with Crippen LogP contribution in [0.25, 0.3) is 22.3 Å². The van der Waals surface area contributed by atoms with Crippen LogP contribution in [0.1, 0.15) is 0 Å². The van der Waals surface area contributed by atoms with Crippen molar-refractivity contribution in [3.8, 4) is 22.8 Å². The first-order valence-electron chi connectivity index (χ1n) is 6.22. The maximum absolute atomic E-state index is 10.0. The van der Waals surface area contributed by atoms with E-state index in [4.69, 9.17) is 10.5 Å². The number of hydrogen-bond acceptors (Lipinski definition) is 6. The summed E-state index contributed by atoms with van der Waals surface area (Å²) in [7, 11) is 0. The molecule has 0 spiro atoms. The summed E-state index contributed by atoms with van der Waals surface area (Å²) < 4.78 is 5.33. The van der Waals surface area contributed by atoms with Crippen molar-refractivity contribution in [2.24, 2.45) is 0 Å². The minimum atomic E-state index is 0.0209. The van der Waals surface area contributed by atoms with Crippen LogP contribution in [0.15, 0.2) is 37.2 Å². The fourth-order valence-corrected chi connectivity index (χ4v) is 2.03. The number of aromatic hydroxyl groups is 1. The number of nitrogens with two attached hydrogens (primary N) is 1. The molecule has 0 amide bonds. The van der Waals surface area contributed by atoms with Crippen molar-refractivity contribution >= 4 is 16.9 Å². The van der Waals surface area contributed by atoms with E-state index in [0.717, 1.165) is 0 Å². The summed E-state index contributed by atoms with van der Waals surface area (Å²) in [5.41, 5.74) is 7.70. The number of rotatable bonds is 4. The fourth-order valence-electron chi connectivity index (χ4n) is 2.03. The molecule has 0 saturated heterocycles. The van der Waals surface area contributed by atoms with Gasteiger partial charge in [0.2, 0.25) is 0 Å². The number of nitrogens with zero attached hydrogens (tertiary/aromatic N) is 3. The molecule has 1 aromatic carbocycles. The van der Waals surface area contributed by atoms with Crippen molar-refractivity contribution in [2.45, 2.75) is 0 Å². The molecule has 7 heteroatoms. The summed E-state index contributed by atoms with van der Waals surface area (Å²) in [6.07, 6.45) is 2.96. The topological polar surface area (TPSA) is 110 Å². The Hall–Kier alpha value is -3.09. The van der Waals surface area contributed by atoms with E-state index in [-0.39, 0.29) is 5.75 Å². The number of phenols is 1. The number of aromatic nitrogens is 4. The van der Waals surface area contributed by atoms with E-state index in [9.17, 15) is 5.11 Å². The molecule has 0 fully saturated rings. The molecular formula is C14H13N5O2. The number of H-pyrrole nitrogens is 1. The highest BCUT2D eigenvalue weighted by Gasteiger charge is 2.14. The second-order valence-electron chi connectivity index (χ2n) is 4.34. The minimum absolute atomic E-state index is 0.0209. The Balaban J connectivity index is 2.07. The van der Waals surface area contributed by atoms with Crippen LogP contribution in [0.3, 0.4) is 0 Å². The zero-order valence-corrected chi connectivity index (χ0v) is 11.1. The van der Waals surface area contributed by atoms with Gasteiger partial charge in [0.05, 0.1) is 11.1 Å². The summed E-state index contributed by atoms with van der Waals surface area (Å²) in [5.74, 6) is 0.731. The van der Waals surface area contributed by atoms with Crippen molar-refractivity contribution < 1.29 is 9.84 Å². The molecule has 106 valence electrons. The van der Waals surface area contributed by atoms with E-state index >= 15 is 0 Å². The van der Waals surface area contributed by atoms with Crippen molar-refractivity contribution in [1.82, 2.24) is 20.2 Å². The molecule has 0 unspecified atom stereocenters. The highest BCUT2D eigenvalue weighted by Crippen LogP contribution is 2.34. The van der Waals surface area contributed by atoms with Crippen molar-refractivity contribution in [3.05, 3.63) is 37.2 Å². The van der Waals surface area contributed by atoms with Gasteiger partial charge in [0.1, 0.15) is 18.8 Å². The van der Waals surface area contributed by atoms with Crippen LogP contribution in [-0.4, -0.2) is 31.9 Å². The third-order valence-corrected chi connectivity index (χ3v) is 2.98. The van der Waals surface area contributed by atoms with Crippen LogP contribution >= 0.6 is 0 Å². The lowest BCUT2D eigenvalue weighted by Gasteiger charge is -2.07. The third-order valence-electron chi connectivity index (χ3n) is 2.98. The van der Waals surface area contributed by atoms with Crippen molar-refractivity contribution in [2.75, 3.05) is 12.3 Å². The largest absolute Gasteiger partial charge is 0.504 e. The zero-order chi connectivity index (χ0) is 14.8. The van der Waals surface area contributed by atoms with Crippen molar-refractivity contribution in [1.29, 1.82) is 0 Å². The summed E-state index contributed by atoms with van der Waals surface area (Å²) in [6, 6.07) is 5.02. The minimum Gasteiger partial charge on any atom is -0.504 e. The number of phenolic OH excluding ortho intramolecular Hbond substituents is 1. The number of nitrogens with one attached hydrogen (secondary N) is 1. The Morgan fingerprint density at radius 2 is 2.24 bits per heavy atom. The van der Waals surface area contributed by atoms with Crippen LogP contribution < -0.4 is 10.5 Å². The first kappa shape index (κ1) is 12.9. The molecule has 0 atom stereocenters. The fraction of sp³-hybridized carbons (Fsp3) is 0.0714. The van der Waals surface area contributed by atoms with Gasteiger partial charge in [-0.05, 0) is 18.2 Å². The molecule has 3 rings (SSSR count). The average Bonchev–Trinajstić information content (AvgIpc) is 2.91. The average molecular weight is 283 g/mol. The van der Waals surface area contributed by atoms with Gasteiger partial charge in [0, 0.05) is 5.56 Å². The monoisotopic (exact) mass is 283 g/mol. The smallest absolute Gasteiger partial charge is 0.186 e. The molecule has 4 N–H and O–H groups in total. The Kier molecular flexibility index (Phi) is 3.15. The van der Waals surface area contributed by atoms with Crippen LogP contribution in [0.2, 0.25) is 0 Å². The van der Waals surface area contributed by atoms with E-state index in [2.05, 4.69) is 26.7 Å². The molecule has 0 bridgehead atoms. The number of nitrogen functional groups attached to an aromatic ring is 1. The highest BCUT2D eigenvalue weighted by molar-refractivity contribution is 5.97. The van der Waals surface area contributed by atoms with Gasteiger partial charge >= 0.3 is 0 Å². The van der Waals surface area contributed by atoms with Gasteiger partial charge in [0.15, 0.2) is 17.1 Å². The maximum atomic E-state index is 10.0. The maximum Gasteiger partial charge on any atom is 0.186 e. The van der Waals surface area contributed by atoms with E-state index < -0.39 is 0 Å². The van der Waals surface area contributed by atoms with Gasteiger partial charge < -0.3 is 15.6 Å². The van der Waals surface area contributed by atoms with E-state index in [1.54, 1.807) is 24.3 Å². The molecule has 0 aliphatic carbocycles. The van der Waals surface area contributed by atoms with Crippen LogP contribution in [0.5, 0.6) is 11.5 Å². The summed E-state index contributed by atoms with van der Waals surface area (Å²) in [5, 5.41) is 17.6. The van der Waals surface area contributed by atoms with Gasteiger partial charge in [-0.25, -0.2) is 9.97 Å². The standard InChI is InChI=1S/C14H13N5O2/c1-2-5-21-10-4-3-8(6-9(10)20)12-11-13(15)16-7-17-14(11)19-18-12/h2-4,6-7,20H,1,5H2,(H3,15,16,17,18,19). The predicted octanol–water partition coefficient (Wildman–Crippen LogP) is 1.87. The van der Waals surface area contributed by atoms with E-state index in [1.165, 1.54) is 6.33 Å². The molecule has 3 aromatic rings. The number of anilines is 1. The Labute approximate surface area is 120 Å². The predicted molar refractivity (Wildman–Crippen MR) is 78.9 cm³/mol. The summed E-state index contributed by atoms with van der Waals surface area (Å²) in [4.78, 5) is 7.99. The second-order valence-corrected chi connectivity index (χ2v) is 4.34. The quantitative estimate of drug-likeness (QED) is 0.630. The lowest BCUT2D eigenvalue weighted by atomic mass is 10.1. The summed E-state index contributed by atoms with van der Waals surface area (Å²) in [6.45, 7) is 3.88. The second kappa shape index (κ2) is 5.12. The van der Waals surface area contributed by atoms with Crippen LogP contribution in [0, 0.1) is 0 Å². The molecule has 0 aliphatic heterocycles. The molecular weight excluding hydrogens is 270 g/mol. The Morgan fingerprint density at radius 1 is 1.38 bits per heavy atom. The van der Waals surface area contributed by atoms with E-state index in [1.807, 2.05) is 0 Å².